The monoisotopic (exact) mass is 240 g/mol. The number of piperidine rings is 1. The van der Waals surface area contributed by atoms with Crippen molar-refractivity contribution in [1.29, 1.82) is 0 Å². The van der Waals surface area contributed by atoms with Crippen LogP contribution in [0, 0.1) is 5.92 Å². The summed E-state index contributed by atoms with van der Waals surface area (Å²) in [6, 6.07) is 0. The van der Waals surface area contributed by atoms with Crippen LogP contribution in [0.3, 0.4) is 0 Å². The summed E-state index contributed by atoms with van der Waals surface area (Å²) in [4.78, 5) is 27.4. The smallest absolute Gasteiger partial charge is 0.409 e. The number of nitrogens with zero attached hydrogens (tertiary/aromatic N) is 2. The minimum Gasteiger partial charge on any atom is -0.450 e. The summed E-state index contributed by atoms with van der Waals surface area (Å²) in [7, 11) is 0. The summed E-state index contributed by atoms with van der Waals surface area (Å²) in [5.74, 6) is 0.314. The maximum atomic E-state index is 11.5. The second-order valence-corrected chi connectivity index (χ2v) is 4.82. The van der Waals surface area contributed by atoms with E-state index in [-0.39, 0.29) is 11.6 Å². The molecular formula is C12H20N2O3. The van der Waals surface area contributed by atoms with Crippen LogP contribution in [0.5, 0.6) is 0 Å². The maximum Gasteiger partial charge on any atom is 0.409 e. The molecule has 5 heteroatoms. The van der Waals surface area contributed by atoms with Gasteiger partial charge in [-0.05, 0) is 39.5 Å². The first-order chi connectivity index (χ1) is 8.01. The van der Waals surface area contributed by atoms with E-state index in [1.54, 1.807) is 17.9 Å². The van der Waals surface area contributed by atoms with Gasteiger partial charge in [0.1, 0.15) is 0 Å². The lowest BCUT2D eigenvalue weighted by Crippen LogP contribution is -2.43. The number of hydrogen-bond acceptors (Lipinski definition) is 4. The van der Waals surface area contributed by atoms with Crippen LogP contribution in [0.1, 0.15) is 33.6 Å². The average molecular weight is 240 g/mol. The zero-order chi connectivity index (χ0) is 12.9. The average Bonchev–Trinajstić information content (AvgIpc) is 2.29. The van der Waals surface area contributed by atoms with Crippen LogP contribution in [0.4, 0.5) is 4.79 Å². The van der Waals surface area contributed by atoms with Gasteiger partial charge in [0.15, 0.2) is 0 Å². The number of aliphatic imine (C=N–C) groups is 1. The van der Waals surface area contributed by atoms with Gasteiger partial charge in [-0.15, -0.1) is 0 Å². The highest BCUT2D eigenvalue weighted by molar-refractivity contribution is 5.67. The summed E-state index contributed by atoms with van der Waals surface area (Å²) in [5.41, 5.74) is -0.386. The van der Waals surface area contributed by atoms with Crippen molar-refractivity contribution in [3.63, 3.8) is 0 Å². The van der Waals surface area contributed by atoms with Crippen molar-refractivity contribution in [3.05, 3.63) is 0 Å². The molecule has 0 N–H and O–H groups in total. The Morgan fingerprint density at radius 3 is 2.53 bits per heavy atom. The summed E-state index contributed by atoms with van der Waals surface area (Å²) in [5, 5.41) is 0. The highest BCUT2D eigenvalue weighted by Gasteiger charge is 2.33. The van der Waals surface area contributed by atoms with Gasteiger partial charge in [-0.2, -0.15) is 4.99 Å². The zero-order valence-corrected chi connectivity index (χ0v) is 10.7. The second-order valence-electron chi connectivity index (χ2n) is 4.82. The third kappa shape index (κ3) is 3.56. The van der Waals surface area contributed by atoms with E-state index in [2.05, 4.69) is 4.99 Å². The maximum absolute atomic E-state index is 11.5. The Bertz CT molecular complexity index is 314. The first kappa shape index (κ1) is 13.7. The molecule has 0 aliphatic carbocycles. The molecule has 5 nitrogen and oxygen atoms in total. The van der Waals surface area contributed by atoms with Crippen molar-refractivity contribution in [2.45, 2.75) is 39.2 Å². The van der Waals surface area contributed by atoms with Crippen LogP contribution >= 0.6 is 0 Å². The molecular weight excluding hydrogens is 220 g/mol. The Kier molecular flexibility index (Phi) is 4.70. The number of rotatable bonds is 3. The first-order valence-electron chi connectivity index (χ1n) is 6.02. The lowest BCUT2D eigenvalue weighted by Gasteiger charge is -2.37. The Morgan fingerprint density at radius 2 is 2.06 bits per heavy atom. The van der Waals surface area contributed by atoms with Gasteiger partial charge in [-0.1, -0.05) is 0 Å². The Balaban J connectivity index is 2.51. The molecule has 0 spiro atoms. The predicted molar refractivity (Wildman–Crippen MR) is 63.5 cm³/mol. The number of ether oxygens (including phenoxy) is 1. The van der Waals surface area contributed by atoms with E-state index in [0.29, 0.717) is 25.6 Å². The molecule has 1 aliphatic heterocycles. The summed E-state index contributed by atoms with van der Waals surface area (Å²) in [6.07, 6.45) is 3.07. The van der Waals surface area contributed by atoms with E-state index in [0.717, 1.165) is 12.8 Å². The summed E-state index contributed by atoms with van der Waals surface area (Å²) >= 11 is 0. The van der Waals surface area contributed by atoms with Crippen LogP contribution in [0.15, 0.2) is 4.99 Å². The molecule has 0 saturated carbocycles. The van der Waals surface area contributed by atoms with Gasteiger partial charge >= 0.3 is 6.09 Å². The van der Waals surface area contributed by atoms with Crippen molar-refractivity contribution in [1.82, 2.24) is 4.90 Å². The van der Waals surface area contributed by atoms with Crippen molar-refractivity contribution in [2.75, 3.05) is 19.7 Å². The number of carbonyl (C=O) groups excluding carboxylic acids is 2. The van der Waals surface area contributed by atoms with E-state index < -0.39 is 0 Å². The second kappa shape index (κ2) is 5.82. The third-order valence-corrected chi connectivity index (χ3v) is 3.35. The van der Waals surface area contributed by atoms with Crippen LogP contribution in [-0.2, 0) is 9.53 Å². The summed E-state index contributed by atoms with van der Waals surface area (Å²) < 4.78 is 4.95. The van der Waals surface area contributed by atoms with Gasteiger partial charge in [0, 0.05) is 13.1 Å². The van der Waals surface area contributed by atoms with E-state index in [1.165, 1.54) is 0 Å². The molecule has 0 bridgehead atoms. The molecule has 0 radical (unpaired) electrons. The van der Waals surface area contributed by atoms with E-state index >= 15 is 0 Å². The molecule has 1 rings (SSSR count). The Morgan fingerprint density at radius 1 is 1.47 bits per heavy atom. The summed E-state index contributed by atoms with van der Waals surface area (Å²) in [6.45, 7) is 7.40. The number of carbonyl (C=O) groups is 1. The minimum absolute atomic E-state index is 0.248. The SMILES string of the molecule is CCOC(=O)N1CCC(C(C)(C)N=C=O)CC1. The van der Waals surface area contributed by atoms with Crippen LogP contribution in [0.25, 0.3) is 0 Å². The van der Waals surface area contributed by atoms with Gasteiger partial charge in [0.05, 0.1) is 12.1 Å². The fraction of sp³-hybridized carbons (Fsp3) is 0.833. The number of hydrogen-bond donors (Lipinski definition) is 0. The third-order valence-electron chi connectivity index (χ3n) is 3.35. The molecule has 96 valence electrons. The van der Waals surface area contributed by atoms with E-state index in [4.69, 9.17) is 4.74 Å². The molecule has 0 unspecified atom stereocenters. The van der Waals surface area contributed by atoms with Crippen LogP contribution < -0.4 is 0 Å². The molecule has 1 fully saturated rings. The minimum atomic E-state index is -0.386. The normalized spacial score (nSPS) is 17.5. The van der Waals surface area contributed by atoms with Gasteiger partial charge in [0.2, 0.25) is 6.08 Å². The van der Waals surface area contributed by atoms with Gasteiger partial charge in [0.25, 0.3) is 0 Å². The Hall–Kier alpha value is -1.35. The van der Waals surface area contributed by atoms with Crippen LogP contribution in [-0.4, -0.2) is 42.3 Å². The van der Waals surface area contributed by atoms with Gasteiger partial charge in [-0.3, -0.25) is 0 Å². The first-order valence-corrected chi connectivity index (χ1v) is 6.02. The van der Waals surface area contributed by atoms with Crippen molar-refractivity contribution in [2.24, 2.45) is 10.9 Å². The number of likely N-dealkylation sites (tertiary alicyclic amines) is 1. The highest BCUT2D eigenvalue weighted by Crippen LogP contribution is 2.30. The fourth-order valence-corrected chi connectivity index (χ4v) is 2.19. The number of amides is 1. The molecule has 0 atom stereocenters. The van der Waals surface area contributed by atoms with Crippen molar-refractivity contribution in [3.8, 4) is 0 Å². The molecule has 1 amide bonds. The van der Waals surface area contributed by atoms with Crippen LogP contribution in [0.2, 0.25) is 0 Å². The largest absolute Gasteiger partial charge is 0.450 e. The van der Waals surface area contributed by atoms with Gasteiger partial charge in [-0.25, -0.2) is 9.59 Å². The van der Waals surface area contributed by atoms with E-state index in [1.807, 2.05) is 13.8 Å². The van der Waals surface area contributed by atoms with Crippen molar-refractivity contribution < 1.29 is 14.3 Å². The lowest BCUT2D eigenvalue weighted by molar-refractivity contribution is 0.0834. The molecule has 1 aliphatic rings. The standard InChI is InChI=1S/C12H20N2O3/c1-4-17-11(16)14-7-5-10(6-8-14)12(2,3)13-9-15/h10H,4-8H2,1-3H3. The van der Waals surface area contributed by atoms with Gasteiger partial charge < -0.3 is 9.64 Å². The zero-order valence-electron chi connectivity index (χ0n) is 10.7. The molecule has 0 aromatic carbocycles. The van der Waals surface area contributed by atoms with Crippen molar-refractivity contribution >= 4 is 12.2 Å². The molecule has 0 aromatic rings. The molecule has 0 aromatic heterocycles. The molecule has 17 heavy (non-hydrogen) atoms. The predicted octanol–water partition coefficient (Wildman–Crippen LogP) is 1.97. The topological polar surface area (TPSA) is 59.0 Å². The number of isocyanates is 1. The molecule has 1 saturated heterocycles. The molecule has 1 heterocycles. The van der Waals surface area contributed by atoms with E-state index in [9.17, 15) is 9.59 Å². The lowest BCUT2D eigenvalue weighted by atomic mass is 9.81. The highest BCUT2D eigenvalue weighted by atomic mass is 16.6. The quantitative estimate of drug-likeness (QED) is 0.559. The Labute approximate surface area is 102 Å². The fourth-order valence-electron chi connectivity index (χ4n) is 2.19.